The number of halogens is 1. The summed E-state index contributed by atoms with van der Waals surface area (Å²) < 4.78 is 13.5. The van der Waals surface area contributed by atoms with Crippen LogP contribution in [0.5, 0.6) is 0 Å². The lowest BCUT2D eigenvalue weighted by atomic mass is 9.87. The highest BCUT2D eigenvalue weighted by Crippen LogP contribution is 2.21. The van der Waals surface area contributed by atoms with E-state index in [9.17, 15) is 14.0 Å². The van der Waals surface area contributed by atoms with Crippen LogP contribution in [0.4, 0.5) is 10.1 Å². The summed E-state index contributed by atoms with van der Waals surface area (Å²) in [5, 5.41) is 2.37. The van der Waals surface area contributed by atoms with Gasteiger partial charge in [0.1, 0.15) is 5.82 Å². The van der Waals surface area contributed by atoms with Gasteiger partial charge in [0, 0.05) is 5.56 Å². The molecule has 0 aliphatic heterocycles. The molecule has 6 heteroatoms. The van der Waals surface area contributed by atoms with Gasteiger partial charge in [0.2, 0.25) is 11.8 Å². The van der Waals surface area contributed by atoms with Gasteiger partial charge in [0.25, 0.3) is 0 Å². The van der Waals surface area contributed by atoms with E-state index in [0.29, 0.717) is 0 Å². The van der Waals surface area contributed by atoms with Crippen LogP contribution in [0, 0.1) is 11.2 Å². The highest BCUT2D eigenvalue weighted by atomic mass is 19.1. The number of hydrogen-bond acceptors (Lipinski definition) is 3. The minimum Gasteiger partial charge on any atom is -0.366 e. The second-order valence-electron chi connectivity index (χ2n) is 5.39. The molecule has 1 rings (SSSR count). The predicted molar refractivity (Wildman–Crippen MR) is 71.0 cm³/mol. The van der Waals surface area contributed by atoms with E-state index < -0.39 is 29.1 Å². The number of carbonyl (C=O) groups excluding carboxylic acids is 2. The average molecular weight is 267 g/mol. The van der Waals surface area contributed by atoms with Crippen molar-refractivity contribution in [3.63, 3.8) is 0 Å². The van der Waals surface area contributed by atoms with Crippen molar-refractivity contribution in [3.8, 4) is 0 Å². The zero-order chi connectivity index (χ0) is 14.8. The van der Waals surface area contributed by atoms with Crippen LogP contribution in [0.2, 0.25) is 0 Å². The second kappa shape index (κ2) is 5.36. The molecule has 0 aliphatic rings. The summed E-state index contributed by atoms with van der Waals surface area (Å²) in [5.74, 6) is -1.87. The molecule has 0 bridgehead atoms. The van der Waals surface area contributed by atoms with Gasteiger partial charge in [0.15, 0.2) is 0 Å². The van der Waals surface area contributed by atoms with Crippen molar-refractivity contribution in [3.05, 3.63) is 29.6 Å². The zero-order valence-corrected chi connectivity index (χ0v) is 11.2. The Labute approximate surface area is 111 Å². The van der Waals surface area contributed by atoms with E-state index in [4.69, 9.17) is 11.5 Å². The molecule has 0 aliphatic carbocycles. The average Bonchev–Trinajstić information content (AvgIpc) is 2.29. The zero-order valence-electron chi connectivity index (χ0n) is 11.2. The molecule has 0 spiro atoms. The van der Waals surface area contributed by atoms with Gasteiger partial charge < -0.3 is 16.8 Å². The molecule has 1 atom stereocenters. The molecule has 104 valence electrons. The first-order chi connectivity index (χ1) is 8.62. The van der Waals surface area contributed by atoms with Gasteiger partial charge in [-0.2, -0.15) is 0 Å². The molecule has 0 unspecified atom stereocenters. The van der Waals surface area contributed by atoms with Crippen LogP contribution in [0.3, 0.4) is 0 Å². The third-order valence-electron chi connectivity index (χ3n) is 2.72. The van der Waals surface area contributed by atoms with E-state index in [1.165, 1.54) is 12.1 Å². The van der Waals surface area contributed by atoms with E-state index in [1.807, 2.05) is 0 Å². The highest BCUT2D eigenvalue weighted by Gasteiger charge is 2.28. The Morgan fingerprint density at radius 1 is 1.32 bits per heavy atom. The van der Waals surface area contributed by atoms with Crippen LogP contribution in [-0.2, 0) is 4.79 Å². The highest BCUT2D eigenvalue weighted by molar-refractivity contribution is 5.98. The first-order valence-corrected chi connectivity index (χ1v) is 5.78. The van der Waals surface area contributed by atoms with Crippen molar-refractivity contribution in [2.45, 2.75) is 26.8 Å². The van der Waals surface area contributed by atoms with Crippen LogP contribution < -0.4 is 16.8 Å². The maximum Gasteiger partial charge on any atom is 0.248 e. The summed E-state index contributed by atoms with van der Waals surface area (Å²) in [5.41, 5.74) is 10.4. The summed E-state index contributed by atoms with van der Waals surface area (Å²) in [7, 11) is 0. The molecular weight excluding hydrogens is 249 g/mol. The van der Waals surface area contributed by atoms with E-state index in [2.05, 4.69) is 5.32 Å². The second-order valence-corrected chi connectivity index (χ2v) is 5.39. The van der Waals surface area contributed by atoms with Gasteiger partial charge in [-0.25, -0.2) is 4.39 Å². The van der Waals surface area contributed by atoms with Crippen molar-refractivity contribution in [1.82, 2.24) is 0 Å². The van der Waals surface area contributed by atoms with Gasteiger partial charge in [-0.15, -0.1) is 0 Å². The maximum atomic E-state index is 13.5. The largest absolute Gasteiger partial charge is 0.366 e. The van der Waals surface area contributed by atoms with Crippen LogP contribution in [0.1, 0.15) is 31.1 Å². The van der Waals surface area contributed by atoms with Gasteiger partial charge in [-0.05, 0) is 23.6 Å². The van der Waals surface area contributed by atoms with Crippen molar-refractivity contribution in [1.29, 1.82) is 0 Å². The number of nitrogens with one attached hydrogen (secondary N) is 1. The lowest BCUT2D eigenvalue weighted by Gasteiger charge is -2.25. The summed E-state index contributed by atoms with van der Waals surface area (Å²) in [6.07, 6.45) is 0. The number of benzene rings is 1. The Morgan fingerprint density at radius 3 is 2.37 bits per heavy atom. The van der Waals surface area contributed by atoms with Crippen LogP contribution in [-0.4, -0.2) is 17.9 Å². The molecule has 19 heavy (non-hydrogen) atoms. The lowest BCUT2D eigenvalue weighted by molar-refractivity contribution is -0.119. The Kier molecular flexibility index (Phi) is 4.26. The van der Waals surface area contributed by atoms with Gasteiger partial charge in [-0.1, -0.05) is 20.8 Å². The Hall–Kier alpha value is -1.95. The third kappa shape index (κ3) is 3.75. The van der Waals surface area contributed by atoms with Crippen LogP contribution >= 0.6 is 0 Å². The third-order valence-corrected chi connectivity index (χ3v) is 2.72. The van der Waals surface area contributed by atoms with E-state index in [0.717, 1.165) is 6.07 Å². The summed E-state index contributed by atoms with van der Waals surface area (Å²) in [6.45, 7) is 5.40. The van der Waals surface area contributed by atoms with Crippen molar-refractivity contribution < 1.29 is 14.0 Å². The maximum absolute atomic E-state index is 13.5. The molecule has 0 saturated carbocycles. The molecule has 0 fully saturated rings. The van der Waals surface area contributed by atoms with Crippen LogP contribution in [0.25, 0.3) is 0 Å². The Morgan fingerprint density at radius 2 is 1.89 bits per heavy atom. The Balaban J connectivity index is 2.96. The molecule has 5 N–H and O–H groups in total. The summed E-state index contributed by atoms with van der Waals surface area (Å²) in [4.78, 5) is 22.9. The fourth-order valence-corrected chi connectivity index (χ4v) is 1.38. The SMILES string of the molecule is CC(C)(C)[C@@H](N)C(=O)Nc1cc(C(N)=O)ccc1F. The van der Waals surface area contributed by atoms with Gasteiger partial charge in [0.05, 0.1) is 11.7 Å². The summed E-state index contributed by atoms with van der Waals surface area (Å²) >= 11 is 0. The lowest BCUT2D eigenvalue weighted by Crippen LogP contribution is -2.45. The minimum atomic E-state index is -0.802. The predicted octanol–water partition coefficient (Wildman–Crippen LogP) is 1.24. The number of amides is 2. The molecule has 0 radical (unpaired) electrons. The molecule has 0 heterocycles. The summed E-state index contributed by atoms with van der Waals surface area (Å²) in [6, 6.07) is 2.70. The molecule has 2 amide bonds. The molecular formula is C13H18FN3O2. The Bertz CT molecular complexity index is 509. The normalized spacial score (nSPS) is 12.9. The van der Waals surface area contributed by atoms with Gasteiger partial charge >= 0.3 is 0 Å². The molecule has 5 nitrogen and oxygen atoms in total. The fourth-order valence-electron chi connectivity index (χ4n) is 1.38. The smallest absolute Gasteiger partial charge is 0.248 e. The van der Waals surface area contributed by atoms with Crippen molar-refractivity contribution >= 4 is 17.5 Å². The number of primary amides is 1. The number of carbonyl (C=O) groups is 2. The first kappa shape index (κ1) is 15.1. The van der Waals surface area contributed by atoms with Crippen LogP contribution in [0.15, 0.2) is 18.2 Å². The molecule has 1 aromatic rings. The molecule has 0 saturated heterocycles. The molecule has 0 aromatic heterocycles. The number of anilines is 1. The minimum absolute atomic E-state index is 0.110. The monoisotopic (exact) mass is 267 g/mol. The van der Waals surface area contributed by atoms with E-state index >= 15 is 0 Å². The van der Waals surface area contributed by atoms with Crippen molar-refractivity contribution in [2.24, 2.45) is 16.9 Å². The first-order valence-electron chi connectivity index (χ1n) is 5.78. The number of nitrogens with two attached hydrogens (primary N) is 2. The fraction of sp³-hybridized carbons (Fsp3) is 0.385. The topological polar surface area (TPSA) is 98.2 Å². The van der Waals surface area contributed by atoms with E-state index in [-0.39, 0.29) is 11.3 Å². The standard InChI is InChI=1S/C13H18FN3O2/c1-13(2,3)10(15)12(19)17-9-6-7(11(16)18)4-5-8(9)14/h4-6,10H,15H2,1-3H3,(H2,16,18)(H,17,19)/t10-/m0/s1. The van der Waals surface area contributed by atoms with Crippen molar-refractivity contribution in [2.75, 3.05) is 5.32 Å². The quantitative estimate of drug-likeness (QED) is 0.768. The van der Waals surface area contributed by atoms with Gasteiger partial charge in [-0.3, -0.25) is 9.59 Å². The number of hydrogen-bond donors (Lipinski definition) is 3. The molecule has 1 aromatic carbocycles. The van der Waals surface area contributed by atoms with E-state index in [1.54, 1.807) is 20.8 Å². The number of rotatable bonds is 3.